The van der Waals surface area contributed by atoms with Gasteiger partial charge in [-0.1, -0.05) is 0 Å². The Morgan fingerprint density at radius 2 is 1.75 bits per heavy atom. The first-order valence-electron chi connectivity index (χ1n) is 9.08. The van der Waals surface area contributed by atoms with Crippen molar-refractivity contribution >= 4 is 12.1 Å². The molecule has 9 heteroatoms. The van der Waals surface area contributed by atoms with E-state index in [0.29, 0.717) is 43.2 Å². The molecule has 1 fully saturated rings. The van der Waals surface area contributed by atoms with Gasteiger partial charge in [0.1, 0.15) is 23.1 Å². The first kappa shape index (κ1) is 21.8. The average molecular weight is 395 g/mol. The Morgan fingerprint density at radius 3 is 2.25 bits per heavy atom. The number of hydrogen-bond acceptors (Lipinski definition) is 7. The van der Waals surface area contributed by atoms with Gasteiger partial charge in [-0.15, -0.1) is 0 Å². The minimum Gasteiger partial charge on any atom is -0.497 e. The summed E-state index contributed by atoms with van der Waals surface area (Å²) in [5, 5.41) is 11.5. The van der Waals surface area contributed by atoms with Crippen LogP contribution in [0.25, 0.3) is 0 Å². The molecule has 2 rings (SSSR count). The van der Waals surface area contributed by atoms with Gasteiger partial charge in [-0.25, -0.2) is 15.2 Å². The van der Waals surface area contributed by atoms with Crippen molar-refractivity contribution in [3.63, 3.8) is 0 Å². The molecular formula is C19H29N3O6. The fourth-order valence-electron chi connectivity index (χ4n) is 2.84. The fourth-order valence-corrected chi connectivity index (χ4v) is 2.84. The van der Waals surface area contributed by atoms with Gasteiger partial charge in [-0.3, -0.25) is 4.79 Å². The topological polar surface area (TPSA) is 101 Å². The molecule has 1 unspecified atom stereocenters. The van der Waals surface area contributed by atoms with E-state index >= 15 is 0 Å². The number of carboxylic acids is 1. The number of aliphatic carboxylic acids is 1. The maximum absolute atomic E-state index is 12.2. The third-order valence-electron chi connectivity index (χ3n) is 4.24. The van der Waals surface area contributed by atoms with Crippen LogP contribution in [0.5, 0.6) is 11.5 Å². The molecule has 0 bridgehead atoms. The summed E-state index contributed by atoms with van der Waals surface area (Å²) in [6.07, 6.45) is -0.362. The molecule has 1 aliphatic rings. The lowest BCUT2D eigenvalue weighted by Crippen LogP contribution is -2.55. The summed E-state index contributed by atoms with van der Waals surface area (Å²) in [6, 6.07) is 4.01. The van der Waals surface area contributed by atoms with E-state index in [2.05, 4.69) is 5.43 Å². The third-order valence-corrected chi connectivity index (χ3v) is 4.24. The van der Waals surface area contributed by atoms with Gasteiger partial charge >= 0.3 is 12.1 Å². The number of ether oxygens (including phenoxy) is 3. The Morgan fingerprint density at radius 1 is 1.11 bits per heavy atom. The van der Waals surface area contributed by atoms with E-state index in [9.17, 15) is 14.7 Å². The Balaban J connectivity index is 2.03. The number of carbonyl (C=O) groups is 2. The molecule has 1 saturated heterocycles. The summed E-state index contributed by atoms with van der Waals surface area (Å²) in [5.41, 5.74) is 2.97. The Kier molecular flexibility index (Phi) is 7.09. The van der Waals surface area contributed by atoms with Gasteiger partial charge in [-0.05, 0) is 32.9 Å². The lowest BCUT2D eigenvalue weighted by molar-refractivity contribution is -0.141. The first-order valence-corrected chi connectivity index (χ1v) is 9.08. The van der Waals surface area contributed by atoms with Crippen LogP contribution in [0, 0.1) is 0 Å². The summed E-state index contributed by atoms with van der Waals surface area (Å²) in [5.74, 6) is -0.0274. The number of piperazine rings is 1. The van der Waals surface area contributed by atoms with Gasteiger partial charge < -0.3 is 24.2 Å². The number of nitrogens with one attached hydrogen (secondary N) is 1. The summed E-state index contributed by atoms with van der Waals surface area (Å²) in [7, 11) is 3.02. The molecule has 0 saturated carbocycles. The average Bonchev–Trinajstić information content (AvgIpc) is 2.64. The van der Waals surface area contributed by atoms with Crippen molar-refractivity contribution in [3.05, 3.63) is 23.8 Å². The van der Waals surface area contributed by atoms with Crippen LogP contribution in [0.1, 0.15) is 32.4 Å². The maximum Gasteiger partial charge on any atom is 0.410 e. The van der Waals surface area contributed by atoms with Gasteiger partial charge in [0.25, 0.3) is 0 Å². The van der Waals surface area contributed by atoms with E-state index in [4.69, 9.17) is 14.2 Å². The SMILES string of the molecule is COc1ccc(C(NN2CCN(C(=O)OC(C)(C)C)CC2)C(=O)O)c(OC)c1. The molecule has 0 aromatic heterocycles. The van der Waals surface area contributed by atoms with Crippen LogP contribution < -0.4 is 14.9 Å². The van der Waals surface area contributed by atoms with E-state index in [1.165, 1.54) is 14.2 Å². The van der Waals surface area contributed by atoms with Crippen LogP contribution in [-0.2, 0) is 9.53 Å². The number of methoxy groups -OCH3 is 2. The Hall–Kier alpha value is -2.52. The van der Waals surface area contributed by atoms with Crippen LogP contribution in [0.2, 0.25) is 0 Å². The van der Waals surface area contributed by atoms with Crippen molar-refractivity contribution in [1.29, 1.82) is 0 Å². The molecule has 0 aliphatic carbocycles. The number of hydrogen-bond donors (Lipinski definition) is 2. The molecule has 2 N–H and O–H groups in total. The van der Waals surface area contributed by atoms with Gasteiger partial charge in [0, 0.05) is 37.8 Å². The number of carbonyl (C=O) groups excluding carboxylic acids is 1. The zero-order chi connectivity index (χ0) is 20.9. The van der Waals surface area contributed by atoms with Gasteiger partial charge in [0.2, 0.25) is 0 Å². The largest absolute Gasteiger partial charge is 0.497 e. The predicted octanol–water partition coefficient (Wildman–Crippen LogP) is 1.89. The van der Waals surface area contributed by atoms with Crippen LogP contribution in [0.15, 0.2) is 18.2 Å². The van der Waals surface area contributed by atoms with Crippen LogP contribution in [0.3, 0.4) is 0 Å². The normalized spacial score (nSPS) is 16.4. The van der Waals surface area contributed by atoms with Crippen molar-refractivity contribution < 1.29 is 28.9 Å². The van der Waals surface area contributed by atoms with Crippen LogP contribution in [0.4, 0.5) is 4.79 Å². The minimum atomic E-state index is -1.03. The van der Waals surface area contributed by atoms with Crippen molar-refractivity contribution in [2.24, 2.45) is 0 Å². The smallest absolute Gasteiger partial charge is 0.410 e. The molecule has 1 aromatic carbocycles. The molecule has 156 valence electrons. The number of rotatable bonds is 6. The minimum absolute atomic E-state index is 0.362. The number of hydrazine groups is 1. The second-order valence-corrected chi connectivity index (χ2v) is 7.46. The molecule has 1 aromatic rings. The first-order chi connectivity index (χ1) is 13.1. The van der Waals surface area contributed by atoms with Crippen molar-refractivity contribution in [2.45, 2.75) is 32.4 Å². The number of amides is 1. The fraction of sp³-hybridized carbons (Fsp3) is 0.579. The lowest BCUT2D eigenvalue weighted by atomic mass is 10.1. The van der Waals surface area contributed by atoms with E-state index < -0.39 is 17.6 Å². The van der Waals surface area contributed by atoms with Crippen LogP contribution in [-0.4, -0.2) is 73.1 Å². The van der Waals surface area contributed by atoms with Crippen molar-refractivity contribution in [2.75, 3.05) is 40.4 Å². The summed E-state index contributed by atoms with van der Waals surface area (Å²) < 4.78 is 15.9. The molecule has 1 aliphatic heterocycles. The quantitative estimate of drug-likeness (QED) is 0.753. The molecule has 28 heavy (non-hydrogen) atoms. The zero-order valence-electron chi connectivity index (χ0n) is 17.0. The number of nitrogens with zero attached hydrogens (tertiary/aromatic N) is 2. The number of benzene rings is 1. The van der Waals surface area contributed by atoms with E-state index in [1.807, 2.05) is 20.8 Å². The molecule has 0 radical (unpaired) electrons. The summed E-state index contributed by atoms with van der Waals surface area (Å²) in [4.78, 5) is 25.6. The van der Waals surface area contributed by atoms with E-state index in [0.717, 1.165) is 0 Å². The van der Waals surface area contributed by atoms with E-state index in [-0.39, 0.29) is 6.09 Å². The van der Waals surface area contributed by atoms with Gasteiger partial charge in [-0.2, -0.15) is 0 Å². The molecule has 9 nitrogen and oxygen atoms in total. The Labute approximate surface area is 165 Å². The molecule has 1 heterocycles. The van der Waals surface area contributed by atoms with Crippen molar-refractivity contribution in [1.82, 2.24) is 15.3 Å². The second-order valence-electron chi connectivity index (χ2n) is 7.46. The summed E-state index contributed by atoms with van der Waals surface area (Å²) in [6.45, 7) is 7.29. The highest BCUT2D eigenvalue weighted by molar-refractivity contribution is 5.77. The number of carboxylic acid groups (broad SMARTS) is 1. The van der Waals surface area contributed by atoms with Crippen LogP contribution >= 0.6 is 0 Å². The van der Waals surface area contributed by atoms with Gasteiger partial charge in [0.15, 0.2) is 0 Å². The highest BCUT2D eigenvalue weighted by Crippen LogP contribution is 2.30. The standard InChI is InChI=1S/C19H29N3O6/c1-19(2,3)28-18(25)21-8-10-22(11-9-21)20-16(17(23)24)14-7-6-13(26-4)12-15(14)27-5/h6-7,12,16,20H,8-11H2,1-5H3,(H,23,24). The molecular weight excluding hydrogens is 366 g/mol. The Bertz CT molecular complexity index is 695. The van der Waals surface area contributed by atoms with E-state index in [1.54, 1.807) is 28.1 Å². The second kappa shape index (κ2) is 9.11. The highest BCUT2D eigenvalue weighted by atomic mass is 16.6. The third kappa shape index (κ3) is 5.74. The molecule has 1 amide bonds. The maximum atomic E-state index is 12.2. The monoisotopic (exact) mass is 395 g/mol. The highest BCUT2D eigenvalue weighted by Gasteiger charge is 2.30. The zero-order valence-corrected chi connectivity index (χ0v) is 17.0. The summed E-state index contributed by atoms with van der Waals surface area (Å²) >= 11 is 0. The predicted molar refractivity (Wildman–Crippen MR) is 102 cm³/mol. The molecule has 1 atom stereocenters. The van der Waals surface area contributed by atoms with Crippen molar-refractivity contribution in [3.8, 4) is 11.5 Å². The van der Waals surface area contributed by atoms with Gasteiger partial charge in [0.05, 0.1) is 14.2 Å². The molecule has 0 spiro atoms. The lowest BCUT2D eigenvalue weighted by Gasteiger charge is -2.37.